The zero-order chi connectivity index (χ0) is 23.3. The van der Waals surface area contributed by atoms with Crippen LogP contribution in [0.4, 0.5) is 11.4 Å². The summed E-state index contributed by atoms with van der Waals surface area (Å²) in [6.45, 7) is 0. The predicted molar refractivity (Wildman–Crippen MR) is 124 cm³/mol. The number of anilines is 2. The molecule has 0 bridgehead atoms. The molecule has 2 aliphatic heterocycles. The van der Waals surface area contributed by atoms with Gasteiger partial charge in [-0.25, -0.2) is 9.96 Å². The molecule has 7 nitrogen and oxygen atoms in total. The Morgan fingerprint density at radius 3 is 2.36 bits per heavy atom. The van der Waals surface area contributed by atoms with E-state index in [4.69, 9.17) is 32.8 Å². The second kappa shape index (κ2) is 8.26. The number of rotatable bonds is 4. The molecule has 2 heterocycles. The molecule has 2 aliphatic rings. The Balaban J connectivity index is 1.60. The number of carbonyl (C=O) groups is 2. The molecule has 9 heteroatoms. The van der Waals surface area contributed by atoms with Crippen molar-refractivity contribution in [2.24, 2.45) is 5.92 Å². The van der Waals surface area contributed by atoms with Crippen LogP contribution in [0.25, 0.3) is 0 Å². The maximum absolute atomic E-state index is 13.6. The van der Waals surface area contributed by atoms with Gasteiger partial charge in [0.25, 0.3) is 5.91 Å². The van der Waals surface area contributed by atoms with Crippen molar-refractivity contribution >= 4 is 46.4 Å². The number of aromatic hydroxyl groups is 1. The molecule has 168 valence electrons. The SMILES string of the molecule is COc1cc([C@@H]2[C@@H]3C(=O)N(c4ccc(Cl)c(Cl)c4)C(=O)[C@H]3ON2c2ccccc2)ccc1O. The average Bonchev–Trinajstić information content (AvgIpc) is 3.33. The van der Waals surface area contributed by atoms with Crippen molar-refractivity contribution in [3.8, 4) is 11.5 Å². The van der Waals surface area contributed by atoms with Crippen molar-refractivity contribution in [1.82, 2.24) is 0 Å². The number of hydrogen-bond acceptors (Lipinski definition) is 6. The largest absolute Gasteiger partial charge is 0.504 e. The summed E-state index contributed by atoms with van der Waals surface area (Å²) < 4.78 is 5.26. The van der Waals surface area contributed by atoms with E-state index in [1.165, 1.54) is 25.3 Å². The third kappa shape index (κ3) is 3.49. The van der Waals surface area contributed by atoms with Crippen molar-refractivity contribution < 1.29 is 24.3 Å². The Morgan fingerprint density at radius 1 is 0.909 bits per heavy atom. The third-order valence-corrected chi connectivity index (χ3v) is 6.57. The van der Waals surface area contributed by atoms with Crippen LogP contribution in [0.1, 0.15) is 11.6 Å². The molecule has 2 fully saturated rings. The Hall–Kier alpha value is -3.26. The fraction of sp³-hybridized carbons (Fsp3) is 0.167. The van der Waals surface area contributed by atoms with Gasteiger partial charge in [0.05, 0.1) is 34.6 Å². The van der Waals surface area contributed by atoms with E-state index in [0.717, 1.165) is 4.90 Å². The van der Waals surface area contributed by atoms with E-state index >= 15 is 0 Å². The van der Waals surface area contributed by atoms with Crippen molar-refractivity contribution in [2.45, 2.75) is 12.1 Å². The number of carbonyl (C=O) groups excluding carboxylic acids is 2. The van der Waals surface area contributed by atoms with E-state index in [1.807, 2.05) is 30.3 Å². The Morgan fingerprint density at radius 2 is 1.67 bits per heavy atom. The quantitative estimate of drug-likeness (QED) is 0.537. The van der Waals surface area contributed by atoms with Crippen LogP contribution >= 0.6 is 23.2 Å². The molecule has 0 spiro atoms. The van der Waals surface area contributed by atoms with E-state index in [9.17, 15) is 14.7 Å². The van der Waals surface area contributed by atoms with Crippen molar-refractivity contribution in [2.75, 3.05) is 17.1 Å². The molecule has 0 aliphatic carbocycles. The lowest BCUT2D eigenvalue weighted by Crippen LogP contribution is -2.37. The van der Waals surface area contributed by atoms with E-state index in [-0.39, 0.29) is 16.5 Å². The molecule has 0 unspecified atom stereocenters. The molecule has 0 aromatic heterocycles. The Bertz CT molecular complexity index is 1250. The average molecular weight is 485 g/mol. The standard InChI is InChI=1S/C24H18Cl2N2O5/c1-32-19-11-13(7-10-18(19)29)21-20-22(33-28(21)14-5-3-2-4-6-14)24(31)27(23(20)30)15-8-9-16(25)17(26)12-15/h2-12,20-22,29H,1H3/t20-,21+,22-/m0/s1. The van der Waals surface area contributed by atoms with Crippen LogP contribution in [0.15, 0.2) is 66.7 Å². The summed E-state index contributed by atoms with van der Waals surface area (Å²) in [7, 11) is 1.44. The lowest BCUT2D eigenvalue weighted by atomic mass is 9.90. The number of halogens is 2. The summed E-state index contributed by atoms with van der Waals surface area (Å²) in [5.41, 5.74) is 1.66. The van der Waals surface area contributed by atoms with Gasteiger partial charge in [-0.2, -0.15) is 0 Å². The number of fused-ring (bicyclic) bond motifs is 1. The van der Waals surface area contributed by atoms with Crippen molar-refractivity contribution in [3.05, 3.63) is 82.3 Å². The normalized spacial score (nSPS) is 22.1. The molecule has 33 heavy (non-hydrogen) atoms. The number of amides is 2. The van der Waals surface area contributed by atoms with Gasteiger partial charge in [-0.1, -0.05) is 47.5 Å². The Kier molecular flexibility index (Phi) is 5.40. The smallest absolute Gasteiger partial charge is 0.266 e. The monoisotopic (exact) mass is 484 g/mol. The number of nitrogens with zero attached hydrogens (tertiary/aromatic N) is 2. The molecular formula is C24H18Cl2N2O5. The summed E-state index contributed by atoms with van der Waals surface area (Å²) in [4.78, 5) is 34.1. The van der Waals surface area contributed by atoms with Crippen LogP contribution in [0, 0.1) is 5.92 Å². The first-order chi connectivity index (χ1) is 15.9. The van der Waals surface area contributed by atoms with Gasteiger partial charge >= 0.3 is 0 Å². The highest BCUT2D eigenvalue weighted by atomic mass is 35.5. The number of methoxy groups -OCH3 is 1. The minimum Gasteiger partial charge on any atom is -0.504 e. The zero-order valence-electron chi connectivity index (χ0n) is 17.3. The van der Waals surface area contributed by atoms with Crippen LogP contribution in [0.2, 0.25) is 10.0 Å². The number of hydroxylamine groups is 1. The van der Waals surface area contributed by atoms with Gasteiger partial charge in [0, 0.05) is 0 Å². The molecular weight excluding hydrogens is 467 g/mol. The van der Waals surface area contributed by atoms with E-state index in [2.05, 4.69) is 0 Å². The molecule has 1 N–H and O–H groups in total. The summed E-state index contributed by atoms with van der Waals surface area (Å²) in [6, 6.07) is 18.0. The van der Waals surface area contributed by atoms with Gasteiger partial charge in [0.1, 0.15) is 5.92 Å². The van der Waals surface area contributed by atoms with Crippen LogP contribution in [0.5, 0.6) is 11.5 Å². The second-order valence-electron chi connectivity index (χ2n) is 7.70. The van der Waals surface area contributed by atoms with Gasteiger partial charge < -0.3 is 9.84 Å². The fourth-order valence-corrected chi connectivity index (χ4v) is 4.60. The van der Waals surface area contributed by atoms with Gasteiger partial charge in [-0.3, -0.25) is 14.4 Å². The van der Waals surface area contributed by atoms with Crippen LogP contribution in [-0.4, -0.2) is 30.1 Å². The fourth-order valence-electron chi connectivity index (χ4n) is 4.31. The van der Waals surface area contributed by atoms with E-state index in [1.54, 1.807) is 23.3 Å². The molecule has 2 saturated heterocycles. The highest BCUT2D eigenvalue weighted by Gasteiger charge is 2.60. The van der Waals surface area contributed by atoms with Crippen LogP contribution < -0.4 is 14.7 Å². The molecule has 5 rings (SSSR count). The van der Waals surface area contributed by atoms with Gasteiger partial charge in [-0.15, -0.1) is 0 Å². The van der Waals surface area contributed by atoms with Crippen molar-refractivity contribution in [3.63, 3.8) is 0 Å². The molecule has 2 amide bonds. The molecule has 3 aromatic rings. The first-order valence-electron chi connectivity index (χ1n) is 10.1. The third-order valence-electron chi connectivity index (χ3n) is 5.83. The minimum atomic E-state index is -1.03. The topological polar surface area (TPSA) is 79.3 Å². The number of imide groups is 1. The number of ether oxygens (including phenoxy) is 1. The van der Waals surface area contributed by atoms with Crippen LogP contribution in [-0.2, 0) is 14.4 Å². The van der Waals surface area contributed by atoms with Gasteiger partial charge in [-0.05, 0) is 48.0 Å². The highest BCUT2D eigenvalue weighted by Crippen LogP contribution is 2.48. The van der Waals surface area contributed by atoms with E-state index in [0.29, 0.717) is 22.0 Å². The number of para-hydroxylation sites is 1. The zero-order valence-corrected chi connectivity index (χ0v) is 18.8. The highest BCUT2D eigenvalue weighted by molar-refractivity contribution is 6.42. The lowest BCUT2D eigenvalue weighted by Gasteiger charge is -2.29. The van der Waals surface area contributed by atoms with Gasteiger partial charge in [0.15, 0.2) is 17.6 Å². The summed E-state index contributed by atoms with van der Waals surface area (Å²) in [5, 5.41) is 12.2. The predicted octanol–water partition coefficient (Wildman–Crippen LogP) is 4.76. The van der Waals surface area contributed by atoms with Gasteiger partial charge in [0.2, 0.25) is 5.91 Å². The van der Waals surface area contributed by atoms with Crippen LogP contribution in [0.3, 0.4) is 0 Å². The minimum absolute atomic E-state index is 0.0331. The summed E-state index contributed by atoms with van der Waals surface area (Å²) >= 11 is 12.1. The number of hydrogen-bond donors (Lipinski definition) is 1. The Labute approximate surface area is 199 Å². The molecule has 0 radical (unpaired) electrons. The molecule has 0 saturated carbocycles. The molecule has 3 atom stereocenters. The maximum atomic E-state index is 13.6. The summed E-state index contributed by atoms with van der Waals surface area (Å²) in [6.07, 6.45) is -1.03. The first-order valence-corrected chi connectivity index (χ1v) is 10.9. The lowest BCUT2D eigenvalue weighted by molar-refractivity contribution is -0.126. The second-order valence-corrected chi connectivity index (χ2v) is 8.51. The summed E-state index contributed by atoms with van der Waals surface area (Å²) in [5.74, 6) is -1.52. The maximum Gasteiger partial charge on any atom is 0.266 e. The number of phenolic OH excluding ortho intramolecular Hbond substituents is 1. The van der Waals surface area contributed by atoms with E-state index < -0.39 is 29.9 Å². The molecule has 3 aromatic carbocycles. The number of benzene rings is 3. The first kappa shape index (κ1) is 21.6. The number of phenols is 1. The van der Waals surface area contributed by atoms with Crippen molar-refractivity contribution in [1.29, 1.82) is 0 Å².